The Labute approximate surface area is 139 Å². The summed E-state index contributed by atoms with van der Waals surface area (Å²) in [6.45, 7) is 1.86. The maximum Gasteiger partial charge on any atom is 0.200 e. The van der Waals surface area contributed by atoms with Crippen LogP contribution in [0.5, 0.6) is 5.75 Å². The summed E-state index contributed by atoms with van der Waals surface area (Å²) in [7, 11) is 1.55. The quantitative estimate of drug-likeness (QED) is 0.513. The molecule has 19 heavy (non-hydrogen) atoms. The highest BCUT2D eigenvalue weighted by Crippen LogP contribution is 2.27. The Kier molecular flexibility index (Phi) is 4.97. The van der Waals surface area contributed by atoms with Crippen LogP contribution in [0.4, 0.5) is 0 Å². The van der Waals surface area contributed by atoms with Crippen LogP contribution in [0.3, 0.4) is 0 Å². The Bertz CT molecular complexity index is 635. The molecule has 6 heteroatoms. The molecule has 0 bridgehead atoms. The molecule has 1 aromatic carbocycles. The van der Waals surface area contributed by atoms with E-state index in [1.54, 1.807) is 13.3 Å². The van der Waals surface area contributed by atoms with Crippen LogP contribution in [-0.4, -0.2) is 23.2 Å². The molecule has 0 saturated heterocycles. The molecule has 0 aliphatic rings. The summed E-state index contributed by atoms with van der Waals surface area (Å²) in [6, 6.07) is 5.90. The third kappa shape index (κ3) is 3.55. The van der Waals surface area contributed by atoms with E-state index in [2.05, 4.69) is 43.5 Å². The Morgan fingerprint density at radius 2 is 2.16 bits per heavy atom. The van der Waals surface area contributed by atoms with Gasteiger partial charge in [-0.3, -0.25) is 4.98 Å². The Morgan fingerprint density at radius 3 is 2.84 bits per heavy atom. The SMILES string of the molecule is COC(=S)C(C)Oc1cc(I)c2ncc(Br)cc2c1. The van der Waals surface area contributed by atoms with Gasteiger partial charge in [-0.25, -0.2) is 0 Å². The number of aromatic nitrogens is 1. The number of pyridine rings is 1. The summed E-state index contributed by atoms with van der Waals surface area (Å²) < 4.78 is 12.8. The van der Waals surface area contributed by atoms with Gasteiger partial charge < -0.3 is 9.47 Å². The zero-order chi connectivity index (χ0) is 14.0. The third-order valence-electron chi connectivity index (χ3n) is 2.52. The minimum atomic E-state index is -0.270. The van der Waals surface area contributed by atoms with E-state index in [9.17, 15) is 0 Å². The largest absolute Gasteiger partial charge is 0.487 e. The van der Waals surface area contributed by atoms with Crippen molar-refractivity contribution in [2.24, 2.45) is 0 Å². The van der Waals surface area contributed by atoms with Gasteiger partial charge in [-0.1, -0.05) is 0 Å². The molecule has 0 N–H and O–H groups in total. The first kappa shape index (κ1) is 14.9. The molecule has 1 atom stereocenters. The van der Waals surface area contributed by atoms with Crippen molar-refractivity contribution in [3.63, 3.8) is 0 Å². The summed E-state index contributed by atoms with van der Waals surface area (Å²) in [5.74, 6) is 0.753. The van der Waals surface area contributed by atoms with Crippen molar-refractivity contribution in [2.75, 3.05) is 7.11 Å². The predicted octanol–water partition coefficient (Wildman–Crippen LogP) is 4.34. The second-order valence-corrected chi connectivity index (χ2v) is 6.39. The molecule has 3 nitrogen and oxygen atoms in total. The fourth-order valence-electron chi connectivity index (χ4n) is 1.64. The molecule has 0 radical (unpaired) electrons. The molecule has 0 spiro atoms. The number of nitrogens with zero attached hydrogens (tertiary/aromatic N) is 1. The van der Waals surface area contributed by atoms with E-state index in [-0.39, 0.29) is 6.10 Å². The maximum absolute atomic E-state index is 5.78. The summed E-state index contributed by atoms with van der Waals surface area (Å²) in [5.41, 5.74) is 0.957. The zero-order valence-corrected chi connectivity index (χ0v) is 14.9. The van der Waals surface area contributed by atoms with Gasteiger partial charge in [0.2, 0.25) is 0 Å². The fraction of sp³-hybridized carbons (Fsp3) is 0.231. The van der Waals surface area contributed by atoms with Crippen LogP contribution in [-0.2, 0) is 4.74 Å². The van der Waals surface area contributed by atoms with E-state index in [0.717, 1.165) is 24.7 Å². The van der Waals surface area contributed by atoms with Crippen LogP contribution >= 0.6 is 50.7 Å². The van der Waals surface area contributed by atoms with Crippen molar-refractivity contribution in [1.82, 2.24) is 4.98 Å². The zero-order valence-electron chi connectivity index (χ0n) is 10.3. The van der Waals surface area contributed by atoms with Gasteiger partial charge >= 0.3 is 0 Å². The van der Waals surface area contributed by atoms with Gasteiger partial charge in [-0.05, 0) is 75.9 Å². The van der Waals surface area contributed by atoms with Crippen LogP contribution in [0, 0.1) is 3.57 Å². The smallest absolute Gasteiger partial charge is 0.200 e. The van der Waals surface area contributed by atoms with Crippen LogP contribution < -0.4 is 4.74 Å². The second kappa shape index (κ2) is 6.32. The van der Waals surface area contributed by atoms with Gasteiger partial charge in [0.05, 0.1) is 12.6 Å². The molecule has 0 aliphatic carbocycles. The van der Waals surface area contributed by atoms with Crippen molar-refractivity contribution in [1.29, 1.82) is 0 Å². The van der Waals surface area contributed by atoms with Crippen molar-refractivity contribution < 1.29 is 9.47 Å². The molecule has 2 aromatic rings. The van der Waals surface area contributed by atoms with Crippen molar-refractivity contribution in [2.45, 2.75) is 13.0 Å². The van der Waals surface area contributed by atoms with Crippen LogP contribution in [0.25, 0.3) is 10.9 Å². The molecule has 2 rings (SSSR count). The first-order chi connectivity index (χ1) is 9.01. The van der Waals surface area contributed by atoms with Crippen LogP contribution in [0.2, 0.25) is 0 Å². The average Bonchev–Trinajstić information content (AvgIpc) is 2.37. The molecule has 1 unspecified atom stereocenters. The lowest BCUT2D eigenvalue weighted by Gasteiger charge is -2.15. The molecule has 0 aliphatic heterocycles. The summed E-state index contributed by atoms with van der Waals surface area (Å²) in [5, 5.41) is 1.45. The van der Waals surface area contributed by atoms with Gasteiger partial charge in [-0.2, -0.15) is 0 Å². The van der Waals surface area contributed by atoms with Crippen molar-refractivity contribution >= 4 is 66.7 Å². The average molecular weight is 452 g/mol. The van der Waals surface area contributed by atoms with E-state index >= 15 is 0 Å². The van der Waals surface area contributed by atoms with Gasteiger partial charge in [-0.15, -0.1) is 0 Å². The van der Waals surface area contributed by atoms with Gasteiger partial charge in [0.1, 0.15) is 5.75 Å². The fourth-order valence-corrected chi connectivity index (χ4v) is 2.79. The number of benzene rings is 1. The lowest BCUT2D eigenvalue weighted by Crippen LogP contribution is -2.23. The molecule has 1 aromatic heterocycles. The minimum absolute atomic E-state index is 0.270. The number of hydrogen-bond acceptors (Lipinski definition) is 4. The number of ether oxygens (including phenoxy) is 2. The number of fused-ring (bicyclic) bond motifs is 1. The normalized spacial score (nSPS) is 12.2. The highest BCUT2D eigenvalue weighted by atomic mass is 127. The first-order valence-corrected chi connectivity index (χ1v) is 7.78. The third-order valence-corrected chi connectivity index (χ3v) is 4.28. The minimum Gasteiger partial charge on any atom is -0.487 e. The van der Waals surface area contributed by atoms with Crippen molar-refractivity contribution in [3.8, 4) is 5.75 Å². The number of thiocarbonyl (C=S) groups is 1. The highest BCUT2D eigenvalue weighted by molar-refractivity contribution is 14.1. The van der Waals surface area contributed by atoms with Crippen LogP contribution in [0.15, 0.2) is 28.9 Å². The summed E-state index contributed by atoms with van der Waals surface area (Å²) >= 11 is 10.7. The molecule has 1 heterocycles. The molecule has 0 amide bonds. The predicted molar refractivity (Wildman–Crippen MR) is 91.9 cm³/mol. The number of methoxy groups -OCH3 is 1. The Balaban J connectivity index is 2.37. The Morgan fingerprint density at radius 1 is 1.42 bits per heavy atom. The van der Waals surface area contributed by atoms with Gasteiger partial charge in [0, 0.05) is 19.6 Å². The highest BCUT2D eigenvalue weighted by Gasteiger charge is 2.12. The standard InChI is InChI=1S/C13H11BrINO2S/c1-7(13(19)17-2)18-10-4-8-3-9(14)6-16-12(8)11(15)5-10/h3-7H,1-2H3. The van der Waals surface area contributed by atoms with Gasteiger partial charge in [0.15, 0.2) is 11.2 Å². The molecule has 100 valence electrons. The van der Waals surface area contributed by atoms with Gasteiger partial charge in [0.25, 0.3) is 0 Å². The summed E-state index contributed by atoms with van der Waals surface area (Å²) in [6.07, 6.45) is 1.52. The van der Waals surface area contributed by atoms with E-state index in [1.165, 1.54) is 0 Å². The molecular weight excluding hydrogens is 441 g/mol. The van der Waals surface area contributed by atoms with E-state index < -0.39 is 0 Å². The maximum atomic E-state index is 5.78. The second-order valence-electron chi connectivity index (χ2n) is 3.91. The lowest BCUT2D eigenvalue weighted by molar-refractivity contribution is 0.249. The van der Waals surface area contributed by atoms with E-state index in [0.29, 0.717) is 5.05 Å². The van der Waals surface area contributed by atoms with E-state index in [4.69, 9.17) is 21.7 Å². The Hall–Kier alpha value is -0.470. The van der Waals surface area contributed by atoms with Crippen LogP contribution in [0.1, 0.15) is 6.92 Å². The monoisotopic (exact) mass is 451 g/mol. The molecular formula is C13H11BrINO2S. The lowest BCUT2D eigenvalue weighted by atomic mass is 10.2. The topological polar surface area (TPSA) is 31.4 Å². The number of rotatable bonds is 3. The van der Waals surface area contributed by atoms with Crippen molar-refractivity contribution in [3.05, 3.63) is 32.4 Å². The number of hydrogen-bond donors (Lipinski definition) is 0. The first-order valence-electron chi connectivity index (χ1n) is 5.50. The summed E-state index contributed by atoms with van der Waals surface area (Å²) in [4.78, 5) is 4.39. The molecule has 0 fully saturated rings. The molecule has 0 saturated carbocycles. The van der Waals surface area contributed by atoms with E-state index in [1.807, 2.05) is 25.1 Å². The number of halogens is 2.